The Balaban J connectivity index is 1.73. The van der Waals surface area contributed by atoms with Gasteiger partial charge in [0.1, 0.15) is 17.2 Å². The second-order valence-corrected chi connectivity index (χ2v) is 7.55. The monoisotopic (exact) mass is 330 g/mol. The van der Waals surface area contributed by atoms with E-state index >= 15 is 0 Å². The molecule has 0 amide bonds. The molecule has 1 fully saturated rings. The first-order valence-electron chi connectivity index (χ1n) is 7.26. The van der Waals surface area contributed by atoms with Crippen molar-refractivity contribution < 1.29 is 9.84 Å². The predicted octanol–water partition coefficient (Wildman–Crippen LogP) is 5.74. The molecule has 4 heteroatoms. The van der Waals surface area contributed by atoms with Gasteiger partial charge in [0.25, 0.3) is 0 Å². The molecule has 1 N–H and O–H groups in total. The second-order valence-electron chi connectivity index (χ2n) is 5.08. The molecule has 2 aromatic carbocycles. The summed E-state index contributed by atoms with van der Waals surface area (Å²) < 4.78 is 7.22. The van der Waals surface area contributed by atoms with E-state index in [9.17, 15) is 5.11 Å². The molecule has 0 aromatic heterocycles. The number of aromatic hydroxyl groups is 1. The summed E-state index contributed by atoms with van der Waals surface area (Å²) in [6.45, 7) is 2.19. The lowest BCUT2D eigenvalue weighted by Crippen LogP contribution is -1.94. The minimum absolute atomic E-state index is 0.243. The quantitative estimate of drug-likeness (QED) is 0.776. The van der Waals surface area contributed by atoms with Gasteiger partial charge in [-0.15, -0.1) is 23.5 Å². The van der Waals surface area contributed by atoms with Crippen LogP contribution in [0.15, 0.2) is 52.8 Å². The van der Waals surface area contributed by atoms with Crippen LogP contribution >= 0.6 is 23.5 Å². The number of phenols is 1. The standard InChI is InChI=1S/C18H18O2S2/c1-13(18-21-11-2-12-22-18)14-3-7-16(8-4-14)20-17-9-5-15(19)6-10-17/h3-10,19H,2,11-12H2,1H3. The predicted molar refractivity (Wildman–Crippen MR) is 96.7 cm³/mol. The minimum atomic E-state index is 0.243. The Morgan fingerprint density at radius 1 is 0.909 bits per heavy atom. The number of allylic oxidation sites excluding steroid dienone is 1. The van der Waals surface area contributed by atoms with Gasteiger partial charge in [-0.25, -0.2) is 0 Å². The first-order valence-corrected chi connectivity index (χ1v) is 9.23. The minimum Gasteiger partial charge on any atom is -0.508 e. The zero-order valence-corrected chi connectivity index (χ0v) is 14.0. The molecule has 1 saturated heterocycles. The maximum Gasteiger partial charge on any atom is 0.127 e. The van der Waals surface area contributed by atoms with Gasteiger partial charge in [-0.05, 0) is 72.4 Å². The van der Waals surface area contributed by atoms with Crippen LogP contribution in [0.5, 0.6) is 17.2 Å². The summed E-state index contributed by atoms with van der Waals surface area (Å²) in [4.78, 5) is 0. The van der Waals surface area contributed by atoms with Gasteiger partial charge >= 0.3 is 0 Å². The highest BCUT2D eigenvalue weighted by Gasteiger charge is 2.11. The molecule has 0 unspecified atom stereocenters. The number of benzene rings is 2. The maximum atomic E-state index is 9.28. The number of phenolic OH excluding ortho intramolecular Hbond substituents is 1. The Bertz CT molecular complexity index is 652. The van der Waals surface area contributed by atoms with Crippen LogP contribution in [-0.4, -0.2) is 16.6 Å². The van der Waals surface area contributed by atoms with Crippen LogP contribution in [-0.2, 0) is 0 Å². The molecule has 3 rings (SSSR count). The number of hydrogen-bond donors (Lipinski definition) is 1. The Labute approximate surface area is 139 Å². The van der Waals surface area contributed by atoms with E-state index in [0.29, 0.717) is 0 Å². The van der Waals surface area contributed by atoms with E-state index in [1.165, 1.54) is 33.3 Å². The van der Waals surface area contributed by atoms with Gasteiger partial charge in [0.2, 0.25) is 0 Å². The van der Waals surface area contributed by atoms with Crippen LogP contribution in [0, 0.1) is 0 Å². The van der Waals surface area contributed by atoms with Crippen molar-refractivity contribution in [1.29, 1.82) is 0 Å². The third-order valence-corrected chi connectivity index (χ3v) is 6.25. The van der Waals surface area contributed by atoms with Gasteiger partial charge in [0.15, 0.2) is 0 Å². The number of ether oxygens (including phenoxy) is 1. The average Bonchev–Trinajstić information content (AvgIpc) is 2.58. The van der Waals surface area contributed by atoms with Crippen LogP contribution in [0.4, 0.5) is 0 Å². The molecule has 0 saturated carbocycles. The Kier molecular flexibility index (Phi) is 5.01. The van der Waals surface area contributed by atoms with Crippen molar-refractivity contribution in [3.8, 4) is 17.2 Å². The Morgan fingerprint density at radius 2 is 1.45 bits per heavy atom. The van der Waals surface area contributed by atoms with E-state index in [4.69, 9.17) is 4.74 Å². The van der Waals surface area contributed by atoms with E-state index in [1.807, 2.05) is 35.7 Å². The summed E-state index contributed by atoms with van der Waals surface area (Å²) in [5.41, 5.74) is 2.60. The molecule has 0 aliphatic carbocycles. The van der Waals surface area contributed by atoms with Crippen LogP contribution in [0.2, 0.25) is 0 Å². The highest BCUT2D eigenvalue weighted by Crippen LogP contribution is 2.40. The van der Waals surface area contributed by atoms with Gasteiger partial charge < -0.3 is 9.84 Å². The highest BCUT2D eigenvalue weighted by atomic mass is 32.2. The summed E-state index contributed by atoms with van der Waals surface area (Å²) in [7, 11) is 0. The van der Waals surface area contributed by atoms with Gasteiger partial charge in [0.05, 0.1) is 0 Å². The summed E-state index contributed by atoms with van der Waals surface area (Å²) in [6, 6.07) is 14.9. The molecule has 1 aliphatic heterocycles. The van der Waals surface area contributed by atoms with Crippen molar-refractivity contribution in [3.05, 3.63) is 58.3 Å². The molecule has 1 heterocycles. The van der Waals surface area contributed by atoms with Crippen LogP contribution in [0.1, 0.15) is 18.9 Å². The molecule has 2 nitrogen and oxygen atoms in total. The smallest absolute Gasteiger partial charge is 0.127 e. The lowest BCUT2D eigenvalue weighted by Gasteiger charge is -2.16. The fourth-order valence-electron chi connectivity index (χ4n) is 2.19. The van der Waals surface area contributed by atoms with Crippen molar-refractivity contribution >= 4 is 29.1 Å². The fourth-order valence-corrected chi connectivity index (χ4v) is 4.82. The van der Waals surface area contributed by atoms with Crippen molar-refractivity contribution in [2.24, 2.45) is 0 Å². The van der Waals surface area contributed by atoms with E-state index in [2.05, 4.69) is 19.1 Å². The van der Waals surface area contributed by atoms with Gasteiger partial charge in [-0.2, -0.15) is 0 Å². The van der Waals surface area contributed by atoms with E-state index < -0.39 is 0 Å². The lowest BCUT2D eigenvalue weighted by atomic mass is 10.1. The van der Waals surface area contributed by atoms with Crippen molar-refractivity contribution in [3.63, 3.8) is 0 Å². The molecule has 0 bridgehead atoms. The Hall–Kier alpha value is -1.52. The first-order chi connectivity index (χ1) is 10.7. The van der Waals surface area contributed by atoms with E-state index in [1.54, 1.807) is 24.3 Å². The fraction of sp³-hybridized carbons (Fsp3) is 0.222. The molecular formula is C18H18O2S2. The summed E-state index contributed by atoms with van der Waals surface area (Å²) in [5, 5.41) is 9.28. The van der Waals surface area contributed by atoms with E-state index in [-0.39, 0.29) is 5.75 Å². The van der Waals surface area contributed by atoms with Crippen LogP contribution < -0.4 is 4.74 Å². The molecule has 114 valence electrons. The van der Waals surface area contributed by atoms with Crippen LogP contribution in [0.3, 0.4) is 0 Å². The molecule has 0 atom stereocenters. The van der Waals surface area contributed by atoms with Gasteiger partial charge in [-0.3, -0.25) is 0 Å². The normalized spacial score (nSPS) is 14.7. The summed E-state index contributed by atoms with van der Waals surface area (Å²) in [6.07, 6.45) is 1.30. The van der Waals surface area contributed by atoms with Gasteiger partial charge in [0, 0.05) is 4.24 Å². The van der Waals surface area contributed by atoms with E-state index in [0.717, 1.165) is 11.5 Å². The Morgan fingerprint density at radius 3 is 2.05 bits per heavy atom. The maximum absolute atomic E-state index is 9.28. The largest absolute Gasteiger partial charge is 0.508 e. The van der Waals surface area contributed by atoms with Crippen molar-refractivity contribution in [2.45, 2.75) is 13.3 Å². The number of thioether (sulfide) groups is 2. The van der Waals surface area contributed by atoms with Crippen molar-refractivity contribution in [2.75, 3.05) is 11.5 Å². The third kappa shape index (κ3) is 3.81. The molecule has 2 aromatic rings. The zero-order chi connectivity index (χ0) is 15.4. The molecule has 0 spiro atoms. The van der Waals surface area contributed by atoms with Gasteiger partial charge in [-0.1, -0.05) is 12.1 Å². The average molecular weight is 330 g/mol. The second kappa shape index (κ2) is 7.16. The molecule has 22 heavy (non-hydrogen) atoms. The molecule has 1 aliphatic rings. The zero-order valence-electron chi connectivity index (χ0n) is 12.4. The third-order valence-electron chi connectivity index (χ3n) is 3.42. The number of hydrogen-bond acceptors (Lipinski definition) is 4. The van der Waals surface area contributed by atoms with Crippen LogP contribution in [0.25, 0.3) is 5.57 Å². The first kappa shape index (κ1) is 15.4. The molecule has 0 radical (unpaired) electrons. The SMILES string of the molecule is CC(=C1SCCCS1)c1ccc(Oc2ccc(O)cc2)cc1. The topological polar surface area (TPSA) is 29.5 Å². The summed E-state index contributed by atoms with van der Waals surface area (Å²) >= 11 is 3.92. The number of rotatable bonds is 3. The van der Waals surface area contributed by atoms with Crippen molar-refractivity contribution in [1.82, 2.24) is 0 Å². The summed E-state index contributed by atoms with van der Waals surface area (Å²) in [5.74, 6) is 4.21. The molecular weight excluding hydrogens is 312 g/mol. The highest BCUT2D eigenvalue weighted by molar-refractivity contribution is 8.23. The lowest BCUT2D eigenvalue weighted by molar-refractivity contribution is 0.464.